The number of likely N-dealkylation sites (N-methyl/N-ethyl adjacent to an activating group) is 1. The highest BCUT2D eigenvalue weighted by Crippen LogP contribution is 2.20. The van der Waals surface area contributed by atoms with Gasteiger partial charge in [-0.05, 0) is 20.9 Å². The van der Waals surface area contributed by atoms with Crippen LogP contribution in [0.2, 0.25) is 0 Å². The van der Waals surface area contributed by atoms with Crippen molar-refractivity contribution in [3.63, 3.8) is 0 Å². The molecule has 1 heterocycles. The van der Waals surface area contributed by atoms with Crippen LogP contribution in [0, 0.1) is 6.92 Å². The third-order valence-corrected chi connectivity index (χ3v) is 2.85. The van der Waals surface area contributed by atoms with Crippen molar-refractivity contribution in [2.75, 3.05) is 20.3 Å². The maximum atomic E-state index is 5.37. The van der Waals surface area contributed by atoms with Crippen molar-refractivity contribution in [3.8, 4) is 0 Å². The zero-order valence-electron chi connectivity index (χ0n) is 8.33. The van der Waals surface area contributed by atoms with Crippen LogP contribution in [0.4, 0.5) is 0 Å². The number of rotatable bonds is 5. The average molecular weight is 200 g/mol. The molecule has 1 atom stereocenters. The minimum Gasteiger partial charge on any atom is -0.380 e. The Morgan fingerprint density at radius 1 is 1.69 bits per heavy atom. The maximum absolute atomic E-state index is 5.37. The standard InChI is InChI=1S/C9H16N2OS/c1-4-12-6-8(10-3)9-5-11-7(2)13-9/h5,8,10H,4,6H2,1-3H3. The number of aromatic nitrogens is 1. The molecule has 1 rings (SSSR count). The second-order valence-corrected chi connectivity index (χ2v) is 4.05. The van der Waals surface area contributed by atoms with Gasteiger partial charge in [-0.3, -0.25) is 0 Å². The van der Waals surface area contributed by atoms with Gasteiger partial charge in [0.2, 0.25) is 0 Å². The Morgan fingerprint density at radius 2 is 2.46 bits per heavy atom. The van der Waals surface area contributed by atoms with Crippen LogP contribution in [-0.2, 0) is 4.74 Å². The molecule has 74 valence electrons. The first-order chi connectivity index (χ1) is 6.27. The van der Waals surface area contributed by atoms with Gasteiger partial charge in [0.1, 0.15) is 0 Å². The molecule has 0 spiro atoms. The van der Waals surface area contributed by atoms with Gasteiger partial charge in [-0.2, -0.15) is 0 Å². The highest BCUT2D eigenvalue weighted by atomic mass is 32.1. The molecule has 0 bridgehead atoms. The third kappa shape index (κ3) is 3.06. The lowest BCUT2D eigenvalue weighted by Crippen LogP contribution is -2.20. The average Bonchev–Trinajstić information content (AvgIpc) is 2.54. The fourth-order valence-corrected chi connectivity index (χ4v) is 1.96. The van der Waals surface area contributed by atoms with E-state index < -0.39 is 0 Å². The Bertz CT molecular complexity index is 250. The monoisotopic (exact) mass is 200 g/mol. The van der Waals surface area contributed by atoms with Crippen molar-refractivity contribution >= 4 is 11.3 Å². The van der Waals surface area contributed by atoms with E-state index >= 15 is 0 Å². The molecular weight excluding hydrogens is 184 g/mol. The van der Waals surface area contributed by atoms with Crippen LogP contribution in [0.3, 0.4) is 0 Å². The number of aryl methyl sites for hydroxylation is 1. The van der Waals surface area contributed by atoms with Gasteiger partial charge in [0.15, 0.2) is 0 Å². The van der Waals surface area contributed by atoms with E-state index in [1.807, 2.05) is 27.1 Å². The van der Waals surface area contributed by atoms with Gasteiger partial charge in [0.25, 0.3) is 0 Å². The summed E-state index contributed by atoms with van der Waals surface area (Å²) in [5.41, 5.74) is 0. The number of hydrogen-bond donors (Lipinski definition) is 1. The fourth-order valence-electron chi connectivity index (χ4n) is 1.08. The van der Waals surface area contributed by atoms with Crippen molar-refractivity contribution in [1.29, 1.82) is 0 Å². The lowest BCUT2D eigenvalue weighted by molar-refractivity contribution is 0.126. The van der Waals surface area contributed by atoms with Crippen LogP contribution in [0.25, 0.3) is 0 Å². The second kappa shape index (κ2) is 5.32. The molecule has 4 heteroatoms. The van der Waals surface area contributed by atoms with E-state index in [0.29, 0.717) is 6.61 Å². The molecule has 0 aromatic carbocycles. The van der Waals surface area contributed by atoms with Gasteiger partial charge in [-0.15, -0.1) is 11.3 Å². The molecule has 0 saturated carbocycles. The quantitative estimate of drug-likeness (QED) is 0.786. The van der Waals surface area contributed by atoms with Crippen molar-refractivity contribution in [2.45, 2.75) is 19.9 Å². The van der Waals surface area contributed by atoms with Crippen molar-refractivity contribution in [1.82, 2.24) is 10.3 Å². The molecule has 0 saturated heterocycles. The summed E-state index contributed by atoms with van der Waals surface area (Å²) < 4.78 is 5.37. The van der Waals surface area contributed by atoms with E-state index in [4.69, 9.17) is 4.74 Å². The van der Waals surface area contributed by atoms with E-state index in [-0.39, 0.29) is 6.04 Å². The molecule has 1 N–H and O–H groups in total. The number of ether oxygens (including phenoxy) is 1. The molecule has 0 aliphatic carbocycles. The maximum Gasteiger partial charge on any atom is 0.0897 e. The van der Waals surface area contributed by atoms with Gasteiger partial charge >= 0.3 is 0 Å². The molecular formula is C9H16N2OS. The van der Waals surface area contributed by atoms with Gasteiger partial charge < -0.3 is 10.1 Å². The summed E-state index contributed by atoms with van der Waals surface area (Å²) in [5, 5.41) is 4.32. The normalized spacial score (nSPS) is 13.2. The molecule has 1 aromatic heterocycles. The Hall–Kier alpha value is -0.450. The van der Waals surface area contributed by atoms with Crippen molar-refractivity contribution in [3.05, 3.63) is 16.1 Å². The number of thiazole rings is 1. The highest BCUT2D eigenvalue weighted by Gasteiger charge is 2.11. The summed E-state index contributed by atoms with van der Waals surface area (Å²) in [6.07, 6.45) is 1.92. The number of hydrogen-bond acceptors (Lipinski definition) is 4. The molecule has 0 aliphatic heterocycles. The van der Waals surface area contributed by atoms with Gasteiger partial charge in [0.05, 0.1) is 17.7 Å². The SMILES string of the molecule is CCOCC(NC)c1cnc(C)s1. The Labute approximate surface area is 83.1 Å². The largest absolute Gasteiger partial charge is 0.380 e. The van der Waals surface area contributed by atoms with Crippen LogP contribution >= 0.6 is 11.3 Å². The Balaban J connectivity index is 2.56. The topological polar surface area (TPSA) is 34.1 Å². The van der Waals surface area contributed by atoms with E-state index in [9.17, 15) is 0 Å². The first-order valence-corrected chi connectivity index (χ1v) is 5.27. The number of nitrogens with one attached hydrogen (secondary N) is 1. The minimum atomic E-state index is 0.283. The minimum absolute atomic E-state index is 0.283. The summed E-state index contributed by atoms with van der Waals surface area (Å²) in [6.45, 7) is 5.50. The lowest BCUT2D eigenvalue weighted by Gasteiger charge is -2.13. The second-order valence-electron chi connectivity index (χ2n) is 2.78. The summed E-state index contributed by atoms with van der Waals surface area (Å²) >= 11 is 1.72. The molecule has 3 nitrogen and oxygen atoms in total. The van der Waals surface area contributed by atoms with Crippen LogP contribution in [0.15, 0.2) is 6.20 Å². The summed E-state index contributed by atoms with van der Waals surface area (Å²) in [7, 11) is 1.94. The van der Waals surface area contributed by atoms with E-state index in [2.05, 4.69) is 10.3 Å². The Morgan fingerprint density at radius 3 is 2.92 bits per heavy atom. The summed E-state index contributed by atoms with van der Waals surface area (Å²) in [5.74, 6) is 0. The van der Waals surface area contributed by atoms with Crippen molar-refractivity contribution in [2.24, 2.45) is 0 Å². The van der Waals surface area contributed by atoms with Gasteiger partial charge in [-0.25, -0.2) is 4.98 Å². The highest BCUT2D eigenvalue weighted by molar-refractivity contribution is 7.11. The summed E-state index contributed by atoms with van der Waals surface area (Å²) in [6, 6.07) is 0.283. The first-order valence-electron chi connectivity index (χ1n) is 4.45. The van der Waals surface area contributed by atoms with Crippen LogP contribution in [0.5, 0.6) is 0 Å². The van der Waals surface area contributed by atoms with Crippen LogP contribution in [-0.4, -0.2) is 25.2 Å². The smallest absolute Gasteiger partial charge is 0.0897 e. The molecule has 0 amide bonds. The lowest BCUT2D eigenvalue weighted by atomic mass is 10.3. The fraction of sp³-hybridized carbons (Fsp3) is 0.667. The van der Waals surface area contributed by atoms with Gasteiger partial charge in [-0.1, -0.05) is 0 Å². The third-order valence-electron chi connectivity index (χ3n) is 1.82. The van der Waals surface area contributed by atoms with Crippen molar-refractivity contribution < 1.29 is 4.74 Å². The molecule has 0 aliphatic rings. The number of nitrogens with zero attached hydrogens (tertiary/aromatic N) is 1. The zero-order chi connectivity index (χ0) is 9.68. The summed E-state index contributed by atoms with van der Waals surface area (Å²) in [4.78, 5) is 5.46. The van der Waals surface area contributed by atoms with Crippen LogP contribution in [0.1, 0.15) is 22.9 Å². The first kappa shape index (κ1) is 10.6. The zero-order valence-corrected chi connectivity index (χ0v) is 9.15. The predicted octanol–water partition coefficient (Wildman–Crippen LogP) is 1.75. The van der Waals surface area contributed by atoms with E-state index in [1.165, 1.54) is 4.88 Å². The molecule has 1 unspecified atom stereocenters. The predicted molar refractivity (Wildman–Crippen MR) is 55.1 cm³/mol. The van der Waals surface area contributed by atoms with E-state index in [1.54, 1.807) is 11.3 Å². The molecule has 0 fully saturated rings. The van der Waals surface area contributed by atoms with Crippen LogP contribution < -0.4 is 5.32 Å². The van der Waals surface area contributed by atoms with E-state index in [0.717, 1.165) is 11.6 Å². The Kier molecular flexibility index (Phi) is 4.35. The van der Waals surface area contributed by atoms with Gasteiger partial charge in [0, 0.05) is 17.7 Å². The molecule has 1 aromatic rings. The molecule has 13 heavy (non-hydrogen) atoms. The molecule has 0 radical (unpaired) electrons.